The van der Waals surface area contributed by atoms with Crippen LogP contribution >= 0.6 is 0 Å². The molecule has 1 aromatic heterocycles. The summed E-state index contributed by atoms with van der Waals surface area (Å²) in [6.07, 6.45) is 1.87. The van der Waals surface area contributed by atoms with Crippen molar-refractivity contribution in [2.45, 2.75) is 47.1 Å². The van der Waals surface area contributed by atoms with Gasteiger partial charge in [-0.05, 0) is 44.7 Å². The Hall–Kier alpha value is -2.10. The number of aryl methyl sites for hydroxylation is 1. The van der Waals surface area contributed by atoms with E-state index in [1.807, 2.05) is 45.0 Å². The number of nitrogens with zero attached hydrogens (tertiary/aromatic N) is 2. The van der Waals surface area contributed by atoms with Crippen molar-refractivity contribution in [1.29, 1.82) is 0 Å². The van der Waals surface area contributed by atoms with E-state index in [0.29, 0.717) is 30.7 Å². The van der Waals surface area contributed by atoms with E-state index in [0.717, 1.165) is 23.8 Å². The summed E-state index contributed by atoms with van der Waals surface area (Å²) in [5.74, 6) is -0.0642. The molecule has 0 aliphatic carbocycles. The van der Waals surface area contributed by atoms with Gasteiger partial charge in [0, 0.05) is 25.0 Å². The fourth-order valence-corrected chi connectivity index (χ4v) is 2.85. The van der Waals surface area contributed by atoms with Crippen LogP contribution in [0.3, 0.4) is 0 Å². The van der Waals surface area contributed by atoms with E-state index in [1.54, 1.807) is 9.47 Å². The largest absolute Gasteiger partial charge is 0.338 e. The Kier molecular flexibility index (Phi) is 5.59. The lowest BCUT2D eigenvalue weighted by Gasteiger charge is -2.22. The van der Waals surface area contributed by atoms with E-state index in [2.05, 4.69) is 6.92 Å². The third-order valence-corrected chi connectivity index (χ3v) is 4.27. The van der Waals surface area contributed by atoms with E-state index >= 15 is 0 Å². The minimum Gasteiger partial charge on any atom is -0.338 e. The van der Waals surface area contributed by atoms with Gasteiger partial charge in [0.15, 0.2) is 0 Å². The molecular formula is C19H26N2O2. The molecule has 0 N–H and O–H groups in total. The molecule has 0 bridgehead atoms. The number of pyridine rings is 1. The third-order valence-electron chi connectivity index (χ3n) is 4.27. The molecule has 2 aromatic rings. The molecule has 0 unspecified atom stereocenters. The highest BCUT2D eigenvalue weighted by atomic mass is 16.2. The first-order valence-electron chi connectivity index (χ1n) is 8.46. The molecule has 1 aromatic carbocycles. The number of carbonyl (C=O) groups is 1. The summed E-state index contributed by atoms with van der Waals surface area (Å²) in [5, 5.41) is 1.53. The lowest BCUT2D eigenvalue weighted by Crippen LogP contribution is -2.36. The zero-order chi connectivity index (χ0) is 17.0. The van der Waals surface area contributed by atoms with Crippen molar-refractivity contribution >= 4 is 16.7 Å². The fraction of sp³-hybridized carbons (Fsp3) is 0.474. The summed E-state index contributed by atoms with van der Waals surface area (Å²) in [7, 11) is 0. The predicted molar refractivity (Wildman–Crippen MR) is 95.1 cm³/mol. The van der Waals surface area contributed by atoms with Crippen molar-refractivity contribution in [3.63, 3.8) is 0 Å². The first-order chi connectivity index (χ1) is 11.0. The van der Waals surface area contributed by atoms with E-state index in [4.69, 9.17) is 0 Å². The lowest BCUT2D eigenvalue weighted by molar-refractivity contribution is 0.0760. The van der Waals surface area contributed by atoms with Crippen molar-refractivity contribution < 1.29 is 4.79 Å². The van der Waals surface area contributed by atoms with Gasteiger partial charge in [0.25, 0.3) is 11.5 Å². The van der Waals surface area contributed by atoms with Crippen molar-refractivity contribution in [1.82, 2.24) is 9.47 Å². The van der Waals surface area contributed by atoms with E-state index in [9.17, 15) is 9.59 Å². The highest BCUT2D eigenvalue weighted by Crippen LogP contribution is 2.16. The van der Waals surface area contributed by atoms with Gasteiger partial charge in [0.05, 0.1) is 0 Å². The summed E-state index contributed by atoms with van der Waals surface area (Å²) in [6, 6.07) is 7.68. The second-order valence-electron chi connectivity index (χ2n) is 5.91. The number of aromatic nitrogens is 1. The normalized spacial score (nSPS) is 11.0. The van der Waals surface area contributed by atoms with Gasteiger partial charge in [-0.1, -0.05) is 31.0 Å². The van der Waals surface area contributed by atoms with E-state index in [-0.39, 0.29) is 11.5 Å². The Labute approximate surface area is 137 Å². The van der Waals surface area contributed by atoms with Crippen LogP contribution in [0.4, 0.5) is 0 Å². The van der Waals surface area contributed by atoms with Crippen molar-refractivity contribution in [3.8, 4) is 0 Å². The van der Waals surface area contributed by atoms with E-state index in [1.165, 1.54) is 0 Å². The minimum atomic E-state index is -0.0642. The van der Waals surface area contributed by atoms with Crippen LogP contribution in [-0.2, 0) is 6.54 Å². The highest BCUT2D eigenvalue weighted by molar-refractivity contribution is 5.96. The third kappa shape index (κ3) is 3.46. The Morgan fingerprint density at radius 1 is 1.13 bits per heavy atom. The molecule has 4 heteroatoms. The molecule has 4 nitrogen and oxygen atoms in total. The number of fused-ring (bicyclic) bond motifs is 1. The lowest BCUT2D eigenvalue weighted by atomic mass is 10.1. The predicted octanol–water partition coefficient (Wildman–Crippen LogP) is 3.59. The average Bonchev–Trinajstić information content (AvgIpc) is 2.55. The molecule has 1 amide bonds. The second-order valence-corrected chi connectivity index (χ2v) is 5.91. The number of benzene rings is 1. The van der Waals surface area contributed by atoms with Gasteiger partial charge < -0.3 is 9.47 Å². The average molecular weight is 314 g/mol. The van der Waals surface area contributed by atoms with Gasteiger partial charge in [-0.3, -0.25) is 9.59 Å². The monoisotopic (exact) mass is 314 g/mol. The highest BCUT2D eigenvalue weighted by Gasteiger charge is 2.19. The molecule has 124 valence electrons. The summed E-state index contributed by atoms with van der Waals surface area (Å²) in [6.45, 7) is 9.85. The van der Waals surface area contributed by atoms with Crippen LogP contribution in [0, 0.1) is 6.92 Å². The maximum absolute atomic E-state index is 12.9. The Bertz CT molecular complexity index is 758. The molecule has 23 heavy (non-hydrogen) atoms. The second kappa shape index (κ2) is 7.44. The number of rotatable bonds is 6. The van der Waals surface area contributed by atoms with Gasteiger partial charge in [0.1, 0.15) is 5.69 Å². The number of hydrogen-bond acceptors (Lipinski definition) is 2. The molecule has 2 rings (SSSR count). The molecule has 0 atom stereocenters. The van der Waals surface area contributed by atoms with Crippen LogP contribution in [-0.4, -0.2) is 28.5 Å². The Morgan fingerprint density at radius 2 is 1.83 bits per heavy atom. The standard InChI is InChI=1S/C19H26N2O2/c1-5-8-11-21-17(19(23)20(6-2)7-3)13-15-10-9-14(4)12-16(15)18(21)22/h9-10,12-13H,5-8,11H2,1-4H3. The molecule has 0 saturated carbocycles. The van der Waals surface area contributed by atoms with E-state index < -0.39 is 0 Å². The number of amides is 1. The van der Waals surface area contributed by atoms with Crippen LogP contribution < -0.4 is 5.56 Å². The number of hydrogen-bond donors (Lipinski definition) is 0. The molecule has 1 heterocycles. The first-order valence-corrected chi connectivity index (χ1v) is 8.46. The van der Waals surface area contributed by atoms with Gasteiger partial charge >= 0.3 is 0 Å². The van der Waals surface area contributed by atoms with Crippen LogP contribution in [0.2, 0.25) is 0 Å². The smallest absolute Gasteiger partial charge is 0.270 e. The van der Waals surface area contributed by atoms with Crippen LogP contribution in [0.1, 0.15) is 49.7 Å². The van der Waals surface area contributed by atoms with Crippen LogP contribution in [0.25, 0.3) is 10.8 Å². The summed E-state index contributed by atoms with van der Waals surface area (Å²) in [5.41, 5.74) is 1.50. The van der Waals surface area contributed by atoms with Gasteiger partial charge in [-0.15, -0.1) is 0 Å². The van der Waals surface area contributed by atoms with Crippen molar-refractivity contribution in [2.75, 3.05) is 13.1 Å². The molecule has 0 radical (unpaired) electrons. The van der Waals surface area contributed by atoms with Gasteiger partial charge in [-0.2, -0.15) is 0 Å². The minimum absolute atomic E-state index is 0.0600. The zero-order valence-electron chi connectivity index (χ0n) is 14.6. The molecule has 0 fully saturated rings. The summed E-state index contributed by atoms with van der Waals surface area (Å²) in [4.78, 5) is 27.5. The molecule has 0 aliphatic heterocycles. The maximum atomic E-state index is 12.9. The molecule has 0 aliphatic rings. The summed E-state index contributed by atoms with van der Waals surface area (Å²) >= 11 is 0. The van der Waals surface area contributed by atoms with Crippen LogP contribution in [0.5, 0.6) is 0 Å². The molecular weight excluding hydrogens is 288 g/mol. The number of carbonyl (C=O) groups excluding carboxylic acids is 1. The quantitative estimate of drug-likeness (QED) is 0.817. The molecule has 0 spiro atoms. The summed E-state index contributed by atoms with van der Waals surface area (Å²) < 4.78 is 1.66. The maximum Gasteiger partial charge on any atom is 0.270 e. The van der Waals surface area contributed by atoms with Gasteiger partial charge in [0.2, 0.25) is 0 Å². The first kappa shape index (κ1) is 17.3. The van der Waals surface area contributed by atoms with Gasteiger partial charge in [-0.25, -0.2) is 0 Å². The number of unbranched alkanes of at least 4 members (excludes halogenated alkanes) is 1. The van der Waals surface area contributed by atoms with Crippen molar-refractivity contribution in [3.05, 3.63) is 45.9 Å². The Balaban J connectivity index is 2.68. The zero-order valence-corrected chi connectivity index (χ0v) is 14.6. The topological polar surface area (TPSA) is 42.3 Å². The fourth-order valence-electron chi connectivity index (χ4n) is 2.85. The van der Waals surface area contributed by atoms with Crippen LogP contribution in [0.15, 0.2) is 29.1 Å². The molecule has 0 saturated heterocycles. The SMILES string of the molecule is CCCCn1c(C(=O)N(CC)CC)cc2ccc(C)cc2c1=O. The van der Waals surface area contributed by atoms with Crippen molar-refractivity contribution in [2.24, 2.45) is 0 Å². The Morgan fingerprint density at radius 3 is 2.43 bits per heavy atom.